The average molecular weight is 250 g/mol. The van der Waals surface area contributed by atoms with Crippen molar-refractivity contribution in [2.45, 2.75) is 48.0 Å². The van der Waals surface area contributed by atoms with E-state index in [4.69, 9.17) is 5.11 Å². The molecule has 0 bridgehead atoms. The molecule has 0 aliphatic carbocycles. The molecule has 0 aliphatic heterocycles. The molecular formula is C16H26O2. The summed E-state index contributed by atoms with van der Waals surface area (Å²) >= 11 is 0. The number of carboxylic acid groups (broad SMARTS) is 1. The Morgan fingerprint density at radius 1 is 1.17 bits per heavy atom. The van der Waals surface area contributed by atoms with E-state index < -0.39 is 5.97 Å². The third-order valence-corrected chi connectivity index (χ3v) is 1.97. The third kappa shape index (κ3) is 7.88. The van der Waals surface area contributed by atoms with Gasteiger partial charge in [-0.2, -0.15) is 0 Å². The first kappa shape index (κ1) is 16.7. The van der Waals surface area contributed by atoms with Crippen molar-refractivity contribution in [3.05, 3.63) is 35.4 Å². The van der Waals surface area contributed by atoms with Crippen molar-refractivity contribution in [2.24, 2.45) is 11.3 Å². The summed E-state index contributed by atoms with van der Waals surface area (Å²) < 4.78 is 0. The van der Waals surface area contributed by atoms with Gasteiger partial charge in [0.25, 0.3) is 0 Å². The van der Waals surface area contributed by atoms with Gasteiger partial charge in [0.15, 0.2) is 0 Å². The summed E-state index contributed by atoms with van der Waals surface area (Å²) in [5, 5.41) is 8.96. The predicted molar refractivity (Wildman–Crippen MR) is 77.1 cm³/mol. The second-order valence-corrected chi connectivity index (χ2v) is 6.43. The number of benzene rings is 1. The van der Waals surface area contributed by atoms with E-state index in [0.29, 0.717) is 5.56 Å². The number of hydrogen-bond acceptors (Lipinski definition) is 1. The molecule has 1 aromatic carbocycles. The van der Waals surface area contributed by atoms with Crippen LogP contribution in [0.2, 0.25) is 0 Å². The Kier molecular flexibility index (Phi) is 6.67. The van der Waals surface area contributed by atoms with E-state index in [1.807, 2.05) is 12.1 Å². The number of carbonyl (C=O) groups is 1. The summed E-state index contributed by atoms with van der Waals surface area (Å²) in [4.78, 5) is 10.9. The van der Waals surface area contributed by atoms with Gasteiger partial charge < -0.3 is 5.11 Å². The number of hydrogen-bond donors (Lipinski definition) is 1. The molecule has 0 radical (unpaired) electrons. The van der Waals surface area contributed by atoms with Gasteiger partial charge in [0.05, 0.1) is 5.56 Å². The second kappa shape index (κ2) is 7.20. The molecule has 1 rings (SSSR count). The van der Waals surface area contributed by atoms with E-state index in [1.54, 1.807) is 12.1 Å². The van der Waals surface area contributed by atoms with E-state index in [9.17, 15) is 4.79 Å². The van der Waals surface area contributed by atoms with Crippen LogP contribution in [0.1, 0.15) is 57.5 Å². The summed E-state index contributed by atoms with van der Waals surface area (Å²) in [6.07, 6.45) is 0.787. The van der Waals surface area contributed by atoms with Crippen LogP contribution in [0.15, 0.2) is 24.3 Å². The zero-order valence-electron chi connectivity index (χ0n) is 12.4. The highest BCUT2D eigenvalue weighted by molar-refractivity contribution is 5.89. The maximum absolute atomic E-state index is 10.9. The molecule has 1 N–H and O–H groups in total. The van der Waals surface area contributed by atoms with Gasteiger partial charge in [-0.25, -0.2) is 4.79 Å². The maximum atomic E-state index is 10.9. The number of carboxylic acids is 1. The van der Waals surface area contributed by atoms with Crippen LogP contribution in [-0.4, -0.2) is 11.1 Å². The van der Waals surface area contributed by atoms with Crippen LogP contribution in [0.25, 0.3) is 0 Å². The standard InChI is InChI=1S/C12H16O2.C4H10/c1-12(2,3)8-9-6-4-5-7-10(9)11(13)14;1-4(2)3/h4-7H,8H2,1-3H3,(H,13,14);4H,1-3H3. The SMILES string of the molecule is CC(C)(C)Cc1ccccc1C(=O)O.CC(C)C. The summed E-state index contributed by atoms with van der Waals surface area (Å²) in [6.45, 7) is 12.8. The van der Waals surface area contributed by atoms with Gasteiger partial charge >= 0.3 is 5.97 Å². The summed E-state index contributed by atoms with van der Waals surface area (Å²) in [6, 6.07) is 7.18. The minimum atomic E-state index is -0.843. The highest BCUT2D eigenvalue weighted by Crippen LogP contribution is 2.22. The van der Waals surface area contributed by atoms with Gasteiger partial charge in [0.2, 0.25) is 0 Å². The smallest absolute Gasteiger partial charge is 0.335 e. The average Bonchev–Trinajstić information content (AvgIpc) is 2.14. The van der Waals surface area contributed by atoms with Crippen molar-refractivity contribution in [2.75, 3.05) is 0 Å². The number of rotatable bonds is 2. The van der Waals surface area contributed by atoms with Gasteiger partial charge in [-0.15, -0.1) is 0 Å². The van der Waals surface area contributed by atoms with Crippen LogP contribution >= 0.6 is 0 Å². The lowest BCUT2D eigenvalue weighted by atomic mass is 9.86. The molecule has 102 valence electrons. The Labute approximate surface area is 111 Å². The lowest BCUT2D eigenvalue weighted by Crippen LogP contribution is -2.12. The highest BCUT2D eigenvalue weighted by atomic mass is 16.4. The molecule has 0 aromatic heterocycles. The quantitative estimate of drug-likeness (QED) is 0.830. The first-order valence-corrected chi connectivity index (χ1v) is 6.44. The molecule has 18 heavy (non-hydrogen) atoms. The number of aromatic carboxylic acids is 1. The van der Waals surface area contributed by atoms with E-state index in [0.717, 1.165) is 17.9 Å². The van der Waals surface area contributed by atoms with E-state index in [2.05, 4.69) is 41.5 Å². The zero-order valence-corrected chi connectivity index (χ0v) is 12.4. The Morgan fingerprint density at radius 3 is 2.00 bits per heavy atom. The molecule has 0 unspecified atom stereocenters. The van der Waals surface area contributed by atoms with Crippen LogP contribution in [-0.2, 0) is 6.42 Å². The molecule has 2 nitrogen and oxygen atoms in total. The van der Waals surface area contributed by atoms with E-state index in [-0.39, 0.29) is 5.41 Å². The largest absolute Gasteiger partial charge is 0.478 e. The van der Waals surface area contributed by atoms with Gasteiger partial charge in [0, 0.05) is 0 Å². The Hall–Kier alpha value is -1.31. The maximum Gasteiger partial charge on any atom is 0.335 e. The van der Waals surface area contributed by atoms with Crippen molar-refractivity contribution in [3.8, 4) is 0 Å². The highest BCUT2D eigenvalue weighted by Gasteiger charge is 2.16. The molecule has 0 saturated carbocycles. The molecular weight excluding hydrogens is 224 g/mol. The van der Waals surface area contributed by atoms with Crippen LogP contribution in [0.3, 0.4) is 0 Å². The first-order chi connectivity index (χ1) is 8.13. The first-order valence-electron chi connectivity index (χ1n) is 6.44. The summed E-state index contributed by atoms with van der Waals surface area (Å²) in [5.74, 6) is -0.00940. The Morgan fingerprint density at radius 2 is 1.61 bits per heavy atom. The fraction of sp³-hybridized carbons (Fsp3) is 0.562. The minimum absolute atomic E-state index is 0.117. The molecule has 0 fully saturated rings. The second-order valence-electron chi connectivity index (χ2n) is 6.43. The molecule has 2 heteroatoms. The van der Waals surface area contributed by atoms with Gasteiger partial charge in [-0.3, -0.25) is 0 Å². The zero-order chi connectivity index (χ0) is 14.3. The fourth-order valence-corrected chi connectivity index (χ4v) is 1.45. The van der Waals surface area contributed by atoms with E-state index in [1.165, 1.54) is 0 Å². The van der Waals surface area contributed by atoms with Crippen molar-refractivity contribution in [1.29, 1.82) is 0 Å². The Bertz CT molecular complexity index is 370. The van der Waals surface area contributed by atoms with Crippen LogP contribution in [0, 0.1) is 11.3 Å². The van der Waals surface area contributed by atoms with Gasteiger partial charge in [0.1, 0.15) is 0 Å². The normalized spacial score (nSPS) is 10.8. The minimum Gasteiger partial charge on any atom is -0.478 e. The lowest BCUT2D eigenvalue weighted by Gasteiger charge is -2.19. The molecule has 1 aromatic rings. The van der Waals surface area contributed by atoms with Crippen molar-refractivity contribution in [3.63, 3.8) is 0 Å². The van der Waals surface area contributed by atoms with Crippen LogP contribution in [0.5, 0.6) is 0 Å². The monoisotopic (exact) mass is 250 g/mol. The summed E-state index contributed by atoms with van der Waals surface area (Å²) in [5.41, 5.74) is 1.45. The van der Waals surface area contributed by atoms with Crippen molar-refractivity contribution < 1.29 is 9.90 Å². The topological polar surface area (TPSA) is 37.3 Å². The molecule has 0 spiro atoms. The fourth-order valence-electron chi connectivity index (χ4n) is 1.45. The van der Waals surface area contributed by atoms with Gasteiger partial charge in [-0.1, -0.05) is 59.7 Å². The molecule has 0 saturated heterocycles. The van der Waals surface area contributed by atoms with E-state index >= 15 is 0 Å². The molecule has 0 amide bonds. The lowest BCUT2D eigenvalue weighted by molar-refractivity contribution is 0.0695. The van der Waals surface area contributed by atoms with Crippen LogP contribution in [0.4, 0.5) is 0 Å². The van der Waals surface area contributed by atoms with Crippen molar-refractivity contribution in [1.82, 2.24) is 0 Å². The molecule has 0 heterocycles. The van der Waals surface area contributed by atoms with Gasteiger partial charge in [-0.05, 0) is 29.4 Å². The van der Waals surface area contributed by atoms with Crippen molar-refractivity contribution >= 4 is 5.97 Å². The third-order valence-electron chi connectivity index (χ3n) is 1.97. The molecule has 0 aliphatic rings. The van der Waals surface area contributed by atoms with Crippen LogP contribution < -0.4 is 0 Å². The predicted octanol–water partition coefficient (Wildman–Crippen LogP) is 4.64. The summed E-state index contributed by atoms with van der Waals surface area (Å²) in [7, 11) is 0. The Balaban J connectivity index is 0.000000631. The molecule has 0 atom stereocenters.